The average Bonchev–Trinajstić information content (AvgIpc) is 2.86. The van der Waals surface area contributed by atoms with Crippen molar-refractivity contribution in [1.29, 1.82) is 0 Å². The summed E-state index contributed by atoms with van der Waals surface area (Å²) in [5.41, 5.74) is 0. The largest absolute Gasteiger partial charge is 0.331 e. The van der Waals surface area contributed by atoms with Crippen molar-refractivity contribution >= 4 is 11.9 Å². The standard InChI is InChI=1S/C8H10N6O/c1-2-5-11-6(14-13-5)7(15)12-8-9-3-4-10-8/h3-4H,2H2,1H3,(H,11,13,14)(H2,9,10,12,15). The first-order chi connectivity index (χ1) is 7.29. The molecule has 7 nitrogen and oxygen atoms in total. The molecule has 2 aromatic heterocycles. The predicted molar refractivity (Wildman–Crippen MR) is 52.3 cm³/mol. The number of carbonyl (C=O) groups is 1. The lowest BCUT2D eigenvalue weighted by atomic mass is 10.5. The number of rotatable bonds is 3. The number of H-pyrrole nitrogens is 2. The Morgan fingerprint density at radius 1 is 1.60 bits per heavy atom. The van der Waals surface area contributed by atoms with Gasteiger partial charge in [0, 0.05) is 18.8 Å². The van der Waals surface area contributed by atoms with E-state index in [-0.39, 0.29) is 11.7 Å². The quantitative estimate of drug-likeness (QED) is 0.674. The van der Waals surface area contributed by atoms with E-state index in [9.17, 15) is 4.79 Å². The maximum absolute atomic E-state index is 11.5. The first-order valence-corrected chi connectivity index (χ1v) is 4.51. The summed E-state index contributed by atoms with van der Waals surface area (Å²) in [6.45, 7) is 1.93. The van der Waals surface area contributed by atoms with Gasteiger partial charge in [0.2, 0.25) is 11.8 Å². The minimum Gasteiger partial charge on any atom is -0.331 e. The number of amides is 1. The molecule has 78 valence electrons. The maximum Gasteiger partial charge on any atom is 0.297 e. The van der Waals surface area contributed by atoms with Crippen LogP contribution in [-0.2, 0) is 6.42 Å². The highest BCUT2D eigenvalue weighted by atomic mass is 16.2. The first kappa shape index (κ1) is 9.38. The minimum atomic E-state index is -0.388. The smallest absolute Gasteiger partial charge is 0.297 e. The maximum atomic E-state index is 11.5. The van der Waals surface area contributed by atoms with Crippen LogP contribution in [0, 0.1) is 0 Å². The van der Waals surface area contributed by atoms with Gasteiger partial charge in [0.1, 0.15) is 5.82 Å². The molecule has 2 rings (SSSR count). The summed E-state index contributed by atoms with van der Waals surface area (Å²) in [6.07, 6.45) is 3.87. The molecular formula is C8H10N6O. The zero-order valence-electron chi connectivity index (χ0n) is 8.11. The molecule has 0 saturated heterocycles. The number of aromatic amines is 2. The van der Waals surface area contributed by atoms with Gasteiger partial charge in [0.15, 0.2) is 0 Å². The fourth-order valence-corrected chi connectivity index (χ4v) is 1.05. The third-order valence-corrected chi connectivity index (χ3v) is 1.80. The van der Waals surface area contributed by atoms with Crippen LogP contribution >= 0.6 is 0 Å². The normalized spacial score (nSPS) is 10.2. The summed E-state index contributed by atoms with van der Waals surface area (Å²) in [5, 5.41) is 8.97. The summed E-state index contributed by atoms with van der Waals surface area (Å²) in [4.78, 5) is 22.1. The lowest BCUT2D eigenvalue weighted by molar-refractivity contribution is 0.101. The molecule has 0 saturated carbocycles. The van der Waals surface area contributed by atoms with Crippen LogP contribution in [0.2, 0.25) is 0 Å². The molecular weight excluding hydrogens is 196 g/mol. The van der Waals surface area contributed by atoms with E-state index < -0.39 is 0 Å². The van der Waals surface area contributed by atoms with Gasteiger partial charge in [0.05, 0.1) is 0 Å². The topological polar surface area (TPSA) is 99.3 Å². The Hall–Kier alpha value is -2.18. The van der Waals surface area contributed by atoms with Gasteiger partial charge in [-0.1, -0.05) is 6.92 Å². The molecule has 7 heteroatoms. The molecule has 0 aromatic carbocycles. The van der Waals surface area contributed by atoms with E-state index in [1.165, 1.54) is 0 Å². The molecule has 0 fully saturated rings. The van der Waals surface area contributed by atoms with E-state index in [1.54, 1.807) is 12.4 Å². The molecule has 15 heavy (non-hydrogen) atoms. The van der Waals surface area contributed by atoms with E-state index in [0.717, 1.165) is 0 Å². The van der Waals surface area contributed by atoms with E-state index in [0.29, 0.717) is 18.2 Å². The summed E-state index contributed by atoms with van der Waals surface area (Å²) < 4.78 is 0. The van der Waals surface area contributed by atoms with E-state index in [1.807, 2.05) is 6.92 Å². The van der Waals surface area contributed by atoms with Gasteiger partial charge in [-0.3, -0.25) is 15.2 Å². The Kier molecular flexibility index (Phi) is 2.44. The Labute approximate surface area is 85.3 Å². The van der Waals surface area contributed by atoms with Crippen molar-refractivity contribution in [3.8, 4) is 0 Å². The van der Waals surface area contributed by atoms with Gasteiger partial charge in [-0.2, -0.15) is 0 Å². The highest BCUT2D eigenvalue weighted by Crippen LogP contribution is 1.99. The van der Waals surface area contributed by atoms with Crippen molar-refractivity contribution in [3.05, 3.63) is 24.0 Å². The number of anilines is 1. The molecule has 0 atom stereocenters. The lowest BCUT2D eigenvalue weighted by Gasteiger charge is -1.95. The van der Waals surface area contributed by atoms with E-state index >= 15 is 0 Å². The highest BCUT2D eigenvalue weighted by molar-refractivity contribution is 6.00. The number of hydrogen-bond acceptors (Lipinski definition) is 4. The second-order valence-electron chi connectivity index (χ2n) is 2.85. The molecule has 0 radical (unpaired) electrons. The monoisotopic (exact) mass is 206 g/mol. The SMILES string of the molecule is CCc1nc(C(=O)Nc2ncc[nH]2)n[nH]1. The van der Waals surface area contributed by atoms with Crippen molar-refractivity contribution in [2.75, 3.05) is 5.32 Å². The van der Waals surface area contributed by atoms with Gasteiger partial charge in [-0.15, -0.1) is 5.10 Å². The van der Waals surface area contributed by atoms with Crippen LogP contribution in [0.15, 0.2) is 12.4 Å². The van der Waals surface area contributed by atoms with Crippen LogP contribution < -0.4 is 5.32 Å². The number of nitrogens with one attached hydrogen (secondary N) is 3. The third-order valence-electron chi connectivity index (χ3n) is 1.80. The zero-order valence-corrected chi connectivity index (χ0v) is 8.11. The molecule has 0 spiro atoms. The van der Waals surface area contributed by atoms with Crippen molar-refractivity contribution in [2.24, 2.45) is 0 Å². The Morgan fingerprint density at radius 2 is 2.47 bits per heavy atom. The first-order valence-electron chi connectivity index (χ1n) is 4.51. The molecule has 0 aliphatic carbocycles. The van der Waals surface area contributed by atoms with Crippen LogP contribution in [0.3, 0.4) is 0 Å². The number of aryl methyl sites for hydroxylation is 1. The summed E-state index contributed by atoms with van der Waals surface area (Å²) in [6, 6.07) is 0. The minimum absolute atomic E-state index is 0.114. The van der Waals surface area contributed by atoms with Gasteiger partial charge in [0.25, 0.3) is 5.91 Å². The van der Waals surface area contributed by atoms with Crippen molar-refractivity contribution in [1.82, 2.24) is 25.1 Å². The number of imidazole rings is 1. The second-order valence-corrected chi connectivity index (χ2v) is 2.85. The summed E-state index contributed by atoms with van der Waals surface area (Å²) in [5.74, 6) is 0.784. The van der Waals surface area contributed by atoms with Crippen LogP contribution in [0.5, 0.6) is 0 Å². The molecule has 0 aliphatic heterocycles. The second kappa shape index (κ2) is 3.91. The molecule has 2 heterocycles. The van der Waals surface area contributed by atoms with Crippen LogP contribution in [0.25, 0.3) is 0 Å². The van der Waals surface area contributed by atoms with Gasteiger partial charge in [-0.25, -0.2) is 9.97 Å². The molecule has 0 aliphatic rings. The molecule has 0 bridgehead atoms. The van der Waals surface area contributed by atoms with E-state index in [4.69, 9.17) is 0 Å². The van der Waals surface area contributed by atoms with Gasteiger partial charge in [-0.05, 0) is 0 Å². The molecule has 1 amide bonds. The number of aromatic nitrogens is 5. The summed E-state index contributed by atoms with van der Waals surface area (Å²) >= 11 is 0. The Morgan fingerprint density at radius 3 is 3.07 bits per heavy atom. The fraction of sp³-hybridized carbons (Fsp3) is 0.250. The number of carbonyl (C=O) groups excluding carboxylic acids is 1. The van der Waals surface area contributed by atoms with Crippen LogP contribution in [0.1, 0.15) is 23.4 Å². The van der Waals surface area contributed by atoms with Crippen LogP contribution in [-0.4, -0.2) is 31.1 Å². The Balaban J connectivity index is 2.08. The highest BCUT2D eigenvalue weighted by Gasteiger charge is 2.12. The average molecular weight is 206 g/mol. The molecule has 3 N–H and O–H groups in total. The molecule has 0 unspecified atom stereocenters. The zero-order chi connectivity index (χ0) is 10.7. The van der Waals surface area contributed by atoms with Gasteiger partial charge < -0.3 is 4.98 Å². The predicted octanol–water partition coefficient (Wildman–Crippen LogP) is 0.342. The lowest BCUT2D eigenvalue weighted by Crippen LogP contribution is -2.14. The number of nitrogens with zero attached hydrogens (tertiary/aromatic N) is 3. The molecule has 2 aromatic rings. The summed E-state index contributed by atoms with van der Waals surface area (Å²) in [7, 11) is 0. The third kappa shape index (κ3) is 2.01. The fourth-order valence-electron chi connectivity index (χ4n) is 1.05. The van der Waals surface area contributed by atoms with Gasteiger partial charge >= 0.3 is 0 Å². The van der Waals surface area contributed by atoms with Crippen molar-refractivity contribution in [2.45, 2.75) is 13.3 Å². The van der Waals surface area contributed by atoms with Crippen molar-refractivity contribution < 1.29 is 4.79 Å². The Bertz CT molecular complexity index is 445. The number of hydrogen-bond donors (Lipinski definition) is 3. The van der Waals surface area contributed by atoms with Crippen LogP contribution in [0.4, 0.5) is 5.95 Å². The van der Waals surface area contributed by atoms with Crippen molar-refractivity contribution in [3.63, 3.8) is 0 Å². The van der Waals surface area contributed by atoms with E-state index in [2.05, 4.69) is 30.5 Å².